The van der Waals surface area contributed by atoms with Gasteiger partial charge in [-0.3, -0.25) is 14.4 Å². The number of sulfonamides is 1. The largest absolute Gasteiger partial charge is 0.480 e. The van der Waals surface area contributed by atoms with Crippen LogP contribution in [0, 0.1) is 0 Å². The second-order valence-electron chi connectivity index (χ2n) is 6.77. The summed E-state index contributed by atoms with van der Waals surface area (Å²) < 4.78 is 32.5. The number of hydrogen-bond donors (Lipinski definition) is 4. The molecule has 0 saturated carbocycles. The molecule has 1 fully saturated rings. The van der Waals surface area contributed by atoms with Crippen LogP contribution in [-0.2, 0) is 33.9 Å². The second-order valence-corrected chi connectivity index (χ2v) is 9.66. The van der Waals surface area contributed by atoms with Gasteiger partial charge < -0.3 is 25.8 Å². The second kappa shape index (κ2) is 11.2. The van der Waals surface area contributed by atoms with E-state index in [0.29, 0.717) is 0 Å². The third kappa shape index (κ3) is 7.57. The number of carbonyl (C=O) groups is 4. The van der Waals surface area contributed by atoms with Crippen LogP contribution in [0.15, 0.2) is 21.7 Å². The van der Waals surface area contributed by atoms with Crippen molar-refractivity contribution in [3.8, 4) is 0 Å². The summed E-state index contributed by atoms with van der Waals surface area (Å²) in [5.41, 5.74) is 5.05. The maximum atomic E-state index is 12.6. The van der Waals surface area contributed by atoms with Gasteiger partial charge in [0, 0.05) is 25.6 Å². The van der Waals surface area contributed by atoms with Gasteiger partial charge in [-0.25, -0.2) is 17.9 Å². The molecule has 0 aliphatic carbocycles. The van der Waals surface area contributed by atoms with Gasteiger partial charge in [0.15, 0.2) is 0 Å². The van der Waals surface area contributed by atoms with E-state index in [-0.39, 0.29) is 36.6 Å². The lowest BCUT2D eigenvalue weighted by atomic mass is 9.97. The molecule has 2 rings (SSSR count). The topological polar surface area (TPSA) is 185 Å². The van der Waals surface area contributed by atoms with Crippen molar-refractivity contribution >= 4 is 45.1 Å². The van der Waals surface area contributed by atoms with E-state index in [2.05, 4.69) is 10.0 Å². The number of carbonyl (C=O) groups excluding carboxylic acids is 3. The molecule has 14 heteroatoms. The Kier molecular flexibility index (Phi) is 8.91. The van der Waals surface area contributed by atoms with Gasteiger partial charge in [0.25, 0.3) is 0 Å². The average molecular weight is 477 g/mol. The highest BCUT2D eigenvalue weighted by Gasteiger charge is 2.37. The smallest absolute Gasteiger partial charge is 0.329 e. The minimum Gasteiger partial charge on any atom is -0.480 e. The van der Waals surface area contributed by atoms with Gasteiger partial charge in [0.1, 0.15) is 23.5 Å². The first kappa shape index (κ1) is 24.7. The van der Waals surface area contributed by atoms with Crippen molar-refractivity contribution < 1.29 is 37.4 Å². The molecule has 5 N–H and O–H groups in total. The van der Waals surface area contributed by atoms with E-state index in [1.165, 1.54) is 11.0 Å². The Morgan fingerprint density at radius 2 is 2.03 bits per heavy atom. The van der Waals surface area contributed by atoms with Crippen LogP contribution in [0.4, 0.5) is 0 Å². The molecule has 2 unspecified atom stereocenters. The van der Waals surface area contributed by atoms with Crippen LogP contribution in [0.1, 0.15) is 19.3 Å². The van der Waals surface area contributed by atoms with E-state index < -0.39 is 59.0 Å². The molecule has 1 saturated heterocycles. The molecule has 1 aliphatic heterocycles. The van der Waals surface area contributed by atoms with Gasteiger partial charge in [0.05, 0.1) is 0 Å². The van der Waals surface area contributed by atoms with Crippen molar-refractivity contribution in [3.63, 3.8) is 0 Å². The molecule has 31 heavy (non-hydrogen) atoms. The summed E-state index contributed by atoms with van der Waals surface area (Å²) in [6.45, 7) is -1.18. The lowest BCUT2D eigenvalue weighted by Gasteiger charge is -2.38. The Balaban J connectivity index is 2.08. The predicted octanol–water partition coefficient (Wildman–Crippen LogP) is -1.52. The highest BCUT2D eigenvalue weighted by molar-refractivity contribution is 7.91. The summed E-state index contributed by atoms with van der Waals surface area (Å²) in [6, 6.07) is 1.42. The Morgan fingerprint density at radius 3 is 2.65 bits per heavy atom. The van der Waals surface area contributed by atoms with Crippen molar-refractivity contribution in [2.75, 3.05) is 26.3 Å². The predicted molar refractivity (Wildman–Crippen MR) is 108 cm³/mol. The SMILES string of the molecule is NC(=O)CCNC(=O)C1CC(NS(=O)(=O)c2cccs2)CCN1C(=O)COCC(=O)O. The van der Waals surface area contributed by atoms with E-state index >= 15 is 0 Å². The normalized spacial score (nSPS) is 19.0. The van der Waals surface area contributed by atoms with Gasteiger partial charge in [-0.1, -0.05) is 6.07 Å². The molecule has 2 atom stereocenters. The summed E-state index contributed by atoms with van der Waals surface area (Å²) >= 11 is 1.05. The molecule has 12 nitrogen and oxygen atoms in total. The summed E-state index contributed by atoms with van der Waals surface area (Å²) in [6.07, 6.45) is 0.153. The molecule has 0 aromatic carbocycles. The van der Waals surface area contributed by atoms with E-state index in [0.717, 1.165) is 11.3 Å². The van der Waals surface area contributed by atoms with Crippen LogP contribution in [0.2, 0.25) is 0 Å². The van der Waals surface area contributed by atoms with Crippen molar-refractivity contribution in [1.29, 1.82) is 0 Å². The van der Waals surface area contributed by atoms with Crippen molar-refractivity contribution in [2.24, 2.45) is 5.73 Å². The maximum Gasteiger partial charge on any atom is 0.329 e. The fraction of sp³-hybridized carbons (Fsp3) is 0.529. The molecule has 0 bridgehead atoms. The number of ether oxygens (including phenoxy) is 1. The summed E-state index contributed by atoms with van der Waals surface area (Å²) in [7, 11) is -3.77. The zero-order valence-electron chi connectivity index (χ0n) is 16.5. The summed E-state index contributed by atoms with van der Waals surface area (Å²) in [5, 5.41) is 12.8. The fourth-order valence-corrected chi connectivity index (χ4v) is 5.34. The highest BCUT2D eigenvalue weighted by atomic mass is 32.2. The van der Waals surface area contributed by atoms with Crippen molar-refractivity contribution in [3.05, 3.63) is 17.5 Å². The number of likely N-dealkylation sites (tertiary alicyclic amines) is 1. The van der Waals surface area contributed by atoms with Gasteiger partial charge in [-0.2, -0.15) is 0 Å². The number of thiophene rings is 1. The molecule has 1 aromatic rings. The molecule has 1 aliphatic rings. The highest BCUT2D eigenvalue weighted by Crippen LogP contribution is 2.22. The van der Waals surface area contributed by atoms with E-state index in [1.807, 2.05) is 0 Å². The maximum absolute atomic E-state index is 12.6. The van der Waals surface area contributed by atoms with Gasteiger partial charge in [0.2, 0.25) is 27.7 Å². The zero-order valence-corrected chi connectivity index (χ0v) is 18.1. The van der Waals surface area contributed by atoms with E-state index in [9.17, 15) is 27.6 Å². The lowest BCUT2D eigenvalue weighted by Crippen LogP contribution is -2.58. The first-order valence-electron chi connectivity index (χ1n) is 9.31. The summed E-state index contributed by atoms with van der Waals surface area (Å²) in [5.74, 6) is -3.03. The van der Waals surface area contributed by atoms with Crippen molar-refractivity contribution in [2.45, 2.75) is 35.6 Å². The van der Waals surface area contributed by atoms with Crippen LogP contribution < -0.4 is 15.8 Å². The number of nitrogens with two attached hydrogens (primary N) is 1. The van der Waals surface area contributed by atoms with Gasteiger partial charge >= 0.3 is 5.97 Å². The number of rotatable bonds is 11. The number of nitrogens with one attached hydrogen (secondary N) is 2. The minimum atomic E-state index is -3.77. The van der Waals surface area contributed by atoms with Gasteiger partial charge in [-0.15, -0.1) is 11.3 Å². The van der Waals surface area contributed by atoms with Crippen LogP contribution in [-0.4, -0.2) is 80.5 Å². The number of primary amides is 1. The first-order chi connectivity index (χ1) is 14.6. The minimum absolute atomic E-state index is 0.00230. The van der Waals surface area contributed by atoms with Crippen LogP contribution in [0.25, 0.3) is 0 Å². The number of aliphatic carboxylic acids is 1. The Bertz CT molecular complexity index is 903. The number of hydrogen-bond acceptors (Lipinski definition) is 8. The average Bonchev–Trinajstić information content (AvgIpc) is 3.22. The van der Waals surface area contributed by atoms with E-state index in [1.54, 1.807) is 11.4 Å². The Labute approximate surface area is 182 Å². The Hall–Kier alpha value is -2.55. The van der Waals surface area contributed by atoms with Crippen molar-refractivity contribution in [1.82, 2.24) is 14.9 Å². The standard InChI is InChI=1S/C17H24N4O8S2/c18-13(22)3-5-19-17(26)12-8-11(20-31(27,28)16-2-1-7-30-16)4-6-21(12)14(23)9-29-10-15(24)25/h1-2,7,11-12,20H,3-6,8-10H2,(H2,18,22)(H,19,26)(H,24,25). The fourth-order valence-electron chi connectivity index (χ4n) is 3.05. The number of nitrogens with zero attached hydrogens (tertiary/aromatic N) is 1. The number of carboxylic acid groups (broad SMARTS) is 1. The molecule has 172 valence electrons. The number of carboxylic acids is 1. The molecule has 1 aromatic heterocycles. The molecular formula is C17H24N4O8S2. The molecular weight excluding hydrogens is 452 g/mol. The third-order valence-electron chi connectivity index (χ3n) is 4.43. The molecule has 0 radical (unpaired) electrons. The quantitative estimate of drug-likeness (QED) is 0.296. The molecule has 0 spiro atoms. The molecule has 3 amide bonds. The van der Waals surface area contributed by atoms with E-state index in [4.69, 9.17) is 15.6 Å². The van der Waals surface area contributed by atoms with Gasteiger partial charge in [-0.05, 0) is 24.3 Å². The number of amides is 3. The van der Waals surface area contributed by atoms with Crippen LogP contribution in [0.5, 0.6) is 0 Å². The molecule has 2 heterocycles. The lowest BCUT2D eigenvalue weighted by molar-refractivity contribution is -0.150. The monoisotopic (exact) mass is 476 g/mol. The van der Waals surface area contributed by atoms with Crippen LogP contribution in [0.3, 0.4) is 0 Å². The summed E-state index contributed by atoms with van der Waals surface area (Å²) in [4.78, 5) is 47.8. The van der Waals surface area contributed by atoms with Crippen LogP contribution >= 0.6 is 11.3 Å². The Morgan fingerprint density at radius 1 is 1.29 bits per heavy atom. The third-order valence-corrected chi connectivity index (χ3v) is 7.35. The first-order valence-corrected chi connectivity index (χ1v) is 11.7. The zero-order chi connectivity index (χ0) is 23.0. The number of piperidine rings is 1.